The normalized spacial score (nSPS) is 14.7. The first-order valence-electron chi connectivity index (χ1n) is 5.67. The van der Waals surface area contributed by atoms with Crippen LogP contribution in [-0.4, -0.2) is 31.9 Å². The highest BCUT2D eigenvalue weighted by atomic mass is 31.2. The van der Waals surface area contributed by atoms with Crippen LogP contribution in [0.1, 0.15) is 20.7 Å². The molecule has 9 heteroatoms. The molecule has 0 spiro atoms. The molecule has 0 saturated carbocycles. The van der Waals surface area contributed by atoms with Gasteiger partial charge in [0.05, 0.1) is 11.1 Å². The summed E-state index contributed by atoms with van der Waals surface area (Å²) in [4.78, 5) is 41.4. The summed E-state index contributed by atoms with van der Waals surface area (Å²) < 4.78 is 15.3. The predicted molar refractivity (Wildman–Crippen MR) is 68.9 cm³/mol. The number of carbonyl (C=O) groups is 2. The molecular weight excluding hydrogens is 301 g/mol. The van der Waals surface area contributed by atoms with E-state index in [1.54, 1.807) is 6.07 Å². The molecule has 1 aliphatic rings. The Bertz CT molecular complexity index is 841. The van der Waals surface area contributed by atoms with Crippen LogP contribution >= 0.6 is 7.82 Å². The molecule has 0 radical (unpaired) electrons. The zero-order valence-electron chi connectivity index (χ0n) is 10.3. The SMILES string of the molecule is O=C1c2cccc3cc(OP(=O)(O)O)cc(c23)C(=O)N1O. The number of hydroxylamine groups is 2. The first kappa shape index (κ1) is 13.7. The lowest BCUT2D eigenvalue weighted by Gasteiger charge is -2.22. The van der Waals surface area contributed by atoms with Gasteiger partial charge in [0.2, 0.25) is 0 Å². The Morgan fingerprint density at radius 1 is 1.05 bits per heavy atom. The second kappa shape index (κ2) is 4.37. The van der Waals surface area contributed by atoms with Crippen LogP contribution in [0.15, 0.2) is 30.3 Å². The van der Waals surface area contributed by atoms with Gasteiger partial charge in [-0.2, -0.15) is 0 Å². The molecule has 108 valence electrons. The quantitative estimate of drug-likeness (QED) is 0.434. The highest BCUT2D eigenvalue weighted by molar-refractivity contribution is 7.46. The average molecular weight is 309 g/mol. The van der Waals surface area contributed by atoms with Crippen LogP contribution < -0.4 is 4.52 Å². The van der Waals surface area contributed by atoms with Gasteiger partial charge in [0, 0.05) is 5.39 Å². The van der Waals surface area contributed by atoms with Gasteiger partial charge in [-0.1, -0.05) is 12.1 Å². The van der Waals surface area contributed by atoms with Gasteiger partial charge >= 0.3 is 7.82 Å². The van der Waals surface area contributed by atoms with Gasteiger partial charge in [-0.3, -0.25) is 24.6 Å². The fraction of sp³-hybridized carbons (Fsp3) is 0. The molecular formula is C12H8NO7P. The standard InChI is InChI=1S/C12H8NO7P/c14-11-8-3-1-2-6-4-7(20-21(17,18)19)5-9(10(6)8)12(15)13(11)16/h1-5,16H,(H2,17,18,19). The fourth-order valence-corrected chi connectivity index (χ4v) is 2.64. The van der Waals surface area contributed by atoms with Crippen molar-refractivity contribution in [3.63, 3.8) is 0 Å². The van der Waals surface area contributed by atoms with E-state index in [1.165, 1.54) is 18.2 Å². The molecule has 3 rings (SSSR count). The molecule has 0 unspecified atom stereocenters. The average Bonchev–Trinajstić information content (AvgIpc) is 2.40. The van der Waals surface area contributed by atoms with Gasteiger partial charge in [-0.15, -0.1) is 5.06 Å². The Hall–Kier alpha value is -2.25. The van der Waals surface area contributed by atoms with E-state index in [-0.39, 0.29) is 21.9 Å². The number of nitrogens with zero attached hydrogens (tertiary/aromatic N) is 1. The Kier molecular flexibility index (Phi) is 2.86. The van der Waals surface area contributed by atoms with Crippen molar-refractivity contribution < 1.29 is 33.7 Å². The Morgan fingerprint density at radius 2 is 1.71 bits per heavy atom. The monoisotopic (exact) mass is 309 g/mol. The largest absolute Gasteiger partial charge is 0.524 e. The molecule has 8 nitrogen and oxygen atoms in total. The van der Waals surface area contributed by atoms with E-state index in [1.807, 2.05) is 0 Å². The van der Waals surface area contributed by atoms with Gasteiger partial charge in [0.1, 0.15) is 5.75 Å². The van der Waals surface area contributed by atoms with Crippen molar-refractivity contribution in [1.29, 1.82) is 0 Å². The maximum Gasteiger partial charge on any atom is 0.524 e. The molecule has 2 amide bonds. The summed E-state index contributed by atoms with van der Waals surface area (Å²) in [5, 5.41) is 10.2. The summed E-state index contributed by atoms with van der Waals surface area (Å²) in [6.45, 7) is 0. The van der Waals surface area contributed by atoms with E-state index in [4.69, 9.17) is 9.79 Å². The van der Waals surface area contributed by atoms with Crippen molar-refractivity contribution in [2.75, 3.05) is 0 Å². The van der Waals surface area contributed by atoms with Gasteiger partial charge in [-0.05, 0) is 23.6 Å². The molecule has 0 fully saturated rings. The van der Waals surface area contributed by atoms with E-state index in [0.717, 1.165) is 6.07 Å². The van der Waals surface area contributed by atoms with Crippen LogP contribution in [-0.2, 0) is 4.57 Å². The van der Waals surface area contributed by atoms with Gasteiger partial charge in [0.25, 0.3) is 11.8 Å². The minimum atomic E-state index is -4.79. The Morgan fingerprint density at radius 3 is 2.38 bits per heavy atom. The molecule has 0 aliphatic carbocycles. The predicted octanol–water partition coefficient (Wildman–Crippen LogP) is 1.30. The molecule has 0 bridgehead atoms. The lowest BCUT2D eigenvalue weighted by molar-refractivity contribution is -0.0377. The topological polar surface area (TPSA) is 124 Å². The van der Waals surface area contributed by atoms with Crippen molar-refractivity contribution in [3.8, 4) is 5.75 Å². The minimum Gasteiger partial charge on any atom is -0.404 e. The van der Waals surface area contributed by atoms with Crippen LogP contribution in [0.3, 0.4) is 0 Å². The number of hydrogen-bond acceptors (Lipinski definition) is 5. The number of hydrogen-bond donors (Lipinski definition) is 3. The van der Waals surface area contributed by atoms with Gasteiger partial charge in [-0.25, -0.2) is 4.57 Å². The molecule has 0 atom stereocenters. The maximum atomic E-state index is 11.9. The number of phosphoric ester groups is 1. The van der Waals surface area contributed by atoms with Gasteiger partial charge in [0.15, 0.2) is 0 Å². The highest BCUT2D eigenvalue weighted by Crippen LogP contribution is 2.40. The molecule has 0 saturated heterocycles. The zero-order valence-corrected chi connectivity index (χ0v) is 11.2. The Labute approximate surface area is 117 Å². The minimum absolute atomic E-state index is 0.0433. The second-order valence-electron chi connectivity index (χ2n) is 4.38. The van der Waals surface area contributed by atoms with Gasteiger partial charge < -0.3 is 4.52 Å². The molecule has 2 aromatic rings. The van der Waals surface area contributed by atoms with Crippen LogP contribution in [0.4, 0.5) is 0 Å². The van der Waals surface area contributed by atoms with Crippen molar-refractivity contribution >= 4 is 30.4 Å². The van der Waals surface area contributed by atoms with Crippen molar-refractivity contribution in [2.45, 2.75) is 0 Å². The Balaban J connectivity index is 2.32. The second-order valence-corrected chi connectivity index (χ2v) is 5.54. The third-order valence-electron chi connectivity index (χ3n) is 3.02. The van der Waals surface area contributed by atoms with E-state index in [2.05, 4.69) is 4.52 Å². The van der Waals surface area contributed by atoms with Crippen molar-refractivity contribution in [1.82, 2.24) is 5.06 Å². The molecule has 2 aromatic carbocycles. The molecule has 3 N–H and O–H groups in total. The summed E-state index contributed by atoms with van der Waals surface area (Å²) in [6, 6.07) is 6.89. The van der Waals surface area contributed by atoms with Crippen molar-refractivity contribution in [3.05, 3.63) is 41.5 Å². The first-order chi connectivity index (χ1) is 9.78. The van der Waals surface area contributed by atoms with E-state index in [9.17, 15) is 19.4 Å². The highest BCUT2D eigenvalue weighted by Gasteiger charge is 2.33. The number of rotatable bonds is 2. The van der Waals surface area contributed by atoms with Crippen molar-refractivity contribution in [2.24, 2.45) is 0 Å². The number of benzene rings is 2. The lowest BCUT2D eigenvalue weighted by atomic mass is 9.95. The number of carbonyl (C=O) groups excluding carboxylic acids is 2. The summed E-state index contributed by atoms with van der Waals surface area (Å²) >= 11 is 0. The lowest BCUT2D eigenvalue weighted by Crippen LogP contribution is -2.37. The van der Waals surface area contributed by atoms with Crippen LogP contribution in [0, 0.1) is 0 Å². The van der Waals surface area contributed by atoms with E-state index >= 15 is 0 Å². The zero-order chi connectivity index (χ0) is 15.4. The van der Waals surface area contributed by atoms with Crippen LogP contribution in [0.5, 0.6) is 5.75 Å². The molecule has 0 aromatic heterocycles. The van der Waals surface area contributed by atoms with E-state index < -0.39 is 19.6 Å². The summed E-state index contributed by atoms with van der Waals surface area (Å²) in [5.74, 6) is -2.08. The van der Waals surface area contributed by atoms with Crippen LogP contribution in [0.25, 0.3) is 10.8 Å². The first-order valence-corrected chi connectivity index (χ1v) is 7.20. The van der Waals surface area contributed by atoms with E-state index in [0.29, 0.717) is 10.8 Å². The fourth-order valence-electron chi connectivity index (χ4n) is 2.26. The summed E-state index contributed by atoms with van der Waals surface area (Å²) in [5.41, 5.74) is 0.0426. The summed E-state index contributed by atoms with van der Waals surface area (Å²) in [7, 11) is -4.79. The van der Waals surface area contributed by atoms with Crippen LogP contribution in [0.2, 0.25) is 0 Å². The smallest absolute Gasteiger partial charge is 0.404 e. The number of phosphoric acid groups is 1. The third-order valence-corrected chi connectivity index (χ3v) is 3.47. The summed E-state index contributed by atoms with van der Waals surface area (Å²) in [6.07, 6.45) is 0. The molecule has 1 aliphatic heterocycles. The maximum absolute atomic E-state index is 11.9. The third kappa shape index (κ3) is 2.20. The molecule has 1 heterocycles. The number of amides is 2. The molecule has 21 heavy (non-hydrogen) atoms. The number of imide groups is 1.